The lowest BCUT2D eigenvalue weighted by Gasteiger charge is -2.17. The fraction of sp³-hybridized carbons (Fsp3) is 0.200. The van der Waals surface area contributed by atoms with Crippen molar-refractivity contribution in [3.63, 3.8) is 0 Å². The van der Waals surface area contributed by atoms with Gasteiger partial charge in [-0.15, -0.1) is 0 Å². The van der Waals surface area contributed by atoms with Crippen LogP contribution in [-0.4, -0.2) is 26.2 Å². The quantitative estimate of drug-likeness (QED) is 0.820. The molecular formula is C15H16BrNO3S. The highest BCUT2D eigenvalue weighted by molar-refractivity contribution is 9.10. The summed E-state index contributed by atoms with van der Waals surface area (Å²) < 4.78 is 27.8. The molecule has 2 aromatic carbocycles. The second kappa shape index (κ2) is 7.17. The number of sulfonamides is 1. The summed E-state index contributed by atoms with van der Waals surface area (Å²) >= 11 is 3.23. The first-order chi connectivity index (χ1) is 10.0. The Bertz CT molecular complexity index is 689. The van der Waals surface area contributed by atoms with Crippen LogP contribution in [0.3, 0.4) is 0 Å². The smallest absolute Gasteiger partial charge is 0.242 e. The van der Waals surface area contributed by atoms with Gasteiger partial charge in [-0.3, -0.25) is 0 Å². The molecular weight excluding hydrogens is 354 g/mol. The fourth-order valence-corrected chi connectivity index (χ4v) is 4.22. The van der Waals surface area contributed by atoms with Crippen LogP contribution < -0.4 is 4.72 Å². The zero-order valence-corrected chi connectivity index (χ0v) is 13.6. The Labute approximate surface area is 133 Å². The first kappa shape index (κ1) is 16.2. The number of rotatable bonds is 6. The molecule has 6 heteroatoms. The van der Waals surface area contributed by atoms with Crippen molar-refractivity contribution < 1.29 is 13.5 Å². The molecule has 0 aliphatic rings. The van der Waals surface area contributed by atoms with Crippen LogP contribution in [0.15, 0.2) is 64.0 Å². The molecule has 112 valence electrons. The van der Waals surface area contributed by atoms with Gasteiger partial charge in [-0.05, 0) is 40.0 Å². The van der Waals surface area contributed by atoms with Crippen molar-refractivity contribution in [2.45, 2.75) is 17.4 Å². The van der Waals surface area contributed by atoms with Crippen LogP contribution in [0.2, 0.25) is 0 Å². The summed E-state index contributed by atoms with van der Waals surface area (Å²) in [6.07, 6.45) is 0.432. The molecule has 0 heterocycles. The molecule has 2 N–H and O–H groups in total. The number of hydrogen-bond acceptors (Lipinski definition) is 3. The van der Waals surface area contributed by atoms with E-state index in [9.17, 15) is 13.5 Å². The van der Waals surface area contributed by atoms with Crippen molar-refractivity contribution in [1.29, 1.82) is 0 Å². The number of aliphatic hydroxyl groups is 1. The molecule has 0 aliphatic heterocycles. The SMILES string of the molecule is O=S(=O)(N[C@@H](CO)Cc1ccccc1)c1ccccc1Br. The van der Waals surface area contributed by atoms with E-state index in [4.69, 9.17) is 0 Å². The van der Waals surface area contributed by atoms with Crippen LogP contribution in [0.4, 0.5) is 0 Å². The minimum absolute atomic E-state index is 0.163. The van der Waals surface area contributed by atoms with Gasteiger partial charge in [-0.2, -0.15) is 0 Å². The first-order valence-electron chi connectivity index (χ1n) is 6.44. The molecule has 2 rings (SSSR count). The van der Waals surface area contributed by atoms with Gasteiger partial charge in [-0.25, -0.2) is 13.1 Å². The maximum Gasteiger partial charge on any atom is 0.242 e. The maximum absolute atomic E-state index is 12.4. The second-order valence-corrected chi connectivity index (χ2v) is 7.16. The summed E-state index contributed by atoms with van der Waals surface area (Å²) in [5.74, 6) is 0. The largest absolute Gasteiger partial charge is 0.395 e. The summed E-state index contributed by atoms with van der Waals surface area (Å²) in [6.45, 7) is -0.265. The second-order valence-electron chi connectivity index (χ2n) is 4.62. The third kappa shape index (κ3) is 4.38. The lowest BCUT2D eigenvalue weighted by atomic mass is 10.1. The summed E-state index contributed by atoms with van der Waals surface area (Å²) in [6, 6.07) is 15.5. The molecule has 0 bridgehead atoms. The van der Waals surface area contributed by atoms with Crippen LogP contribution in [0, 0.1) is 0 Å². The Morgan fingerprint density at radius 1 is 1.05 bits per heavy atom. The van der Waals surface area contributed by atoms with E-state index < -0.39 is 16.1 Å². The van der Waals surface area contributed by atoms with E-state index in [1.807, 2.05) is 30.3 Å². The van der Waals surface area contributed by atoms with Crippen LogP contribution in [0.1, 0.15) is 5.56 Å². The summed E-state index contributed by atoms with van der Waals surface area (Å²) in [5, 5.41) is 9.43. The Hall–Kier alpha value is -1.21. The standard InChI is InChI=1S/C15H16BrNO3S/c16-14-8-4-5-9-15(14)21(19,20)17-13(11-18)10-12-6-2-1-3-7-12/h1-9,13,17-18H,10-11H2/t13-/m1/s1. The topological polar surface area (TPSA) is 66.4 Å². The molecule has 1 atom stereocenters. The Kier molecular flexibility index (Phi) is 5.52. The molecule has 0 saturated carbocycles. The van der Waals surface area contributed by atoms with E-state index >= 15 is 0 Å². The zero-order valence-electron chi connectivity index (χ0n) is 11.2. The van der Waals surface area contributed by atoms with Gasteiger partial charge in [0.1, 0.15) is 0 Å². The molecule has 2 aromatic rings. The highest BCUT2D eigenvalue weighted by atomic mass is 79.9. The van der Waals surface area contributed by atoms with E-state index in [-0.39, 0.29) is 11.5 Å². The maximum atomic E-state index is 12.4. The van der Waals surface area contributed by atoms with Crippen molar-refractivity contribution in [3.8, 4) is 0 Å². The first-order valence-corrected chi connectivity index (χ1v) is 8.72. The molecule has 0 amide bonds. The van der Waals surface area contributed by atoms with Crippen molar-refractivity contribution in [3.05, 3.63) is 64.6 Å². The van der Waals surface area contributed by atoms with Crippen LogP contribution in [0.5, 0.6) is 0 Å². The predicted octanol–water partition coefficient (Wildman–Crippen LogP) is 2.33. The zero-order chi connectivity index (χ0) is 15.3. The molecule has 21 heavy (non-hydrogen) atoms. The van der Waals surface area contributed by atoms with Crippen molar-refractivity contribution in [1.82, 2.24) is 4.72 Å². The Morgan fingerprint density at radius 3 is 2.29 bits per heavy atom. The number of nitrogens with one attached hydrogen (secondary N) is 1. The molecule has 4 nitrogen and oxygen atoms in total. The summed E-state index contributed by atoms with van der Waals surface area (Å²) in [4.78, 5) is 0.163. The van der Waals surface area contributed by atoms with Crippen LogP contribution in [0.25, 0.3) is 0 Å². The van der Waals surface area contributed by atoms with Gasteiger partial charge in [0.25, 0.3) is 0 Å². The van der Waals surface area contributed by atoms with Crippen LogP contribution in [-0.2, 0) is 16.4 Å². The van der Waals surface area contributed by atoms with Gasteiger partial charge in [0.2, 0.25) is 10.0 Å². The molecule has 0 fully saturated rings. The molecule has 0 saturated heterocycles. The average Bonchev–Trinajstić information content (AvgIpc) is 2.47. The predicted molar refractivity (Wildman–Crippen MR) is 85.5 cm³/mol. The third-order valence-electron chi connectivity index (χ3n) is 2.99. The highest BCUT2D eigenvalue weighted by Crippen LogP contribution is 2.21. The number of halogens is 1. The van der Waals surface area contributed by atoms with E-state index in [2.05, 4.69) is 20.7 Å². The lowest BCUT2D eigenvalue weighted by molar-refractivity contribution is 0.256. The van der Waals surface area contributed by atoms with E-state index in [0.717, 1.165) is 5.56 Å². The summed E-state index contributed by atoms with van der Waals surface area (Å²) in [5.41, 5.74) is 0.964. The Balaban J connectivity index is 2.16. The summed E-state index contributed by atoms with van der Waals surface area (Å²) in [7, 11) is -3.68. The van der Waals surface area contributed by atoms with E-state index in [1.54, 1.807) is 18.2 Å². The minimum atomic E-state index is -3.68. The average molecular weight is 370 g/mol. The van der Waals surface area contributed by atoms with Gasteiger partial charge in [0.15, 0.2) is 0 Å². The minimum Gasteiger partial charge on any atom is -0.395 e. The van der Waals surface area contributed by atoms with Gasteiger partial charge in [0.05, 0.1) is 11.5 Å². The Morgan fingerprint density at radius 2 is 1.67 bits per heavy atom. The molecule has 0 aromatic heterocycles. The van der Waals surface area contributed by atoms with E-state index in [1.165, 1.54) is 6.07 Å². The molecule has 0 aliphatic carbocycles. The van der Waals surface area contributed by atoms with E-state index in [0.29, 0.717) is 10.9 Å². The molecule has 0 spiro atoms. The monoisotopic (exact) mass is 369 g/mol. The van der Waals surface area contributed by atoms with Gasteiger partial charge < -0.3 is 5.11 Å². The van der Waals surface area contributed by atoms with Gasteiger partial charge in [0, 0.05) is 10.5 Å². The number of aliphatic hydroxyl groups excluding tert-OH is 1. The van der Waals surface area contributed by atoms with Crippen molar-refractivity contribution in [2.75, 3.05) is 6.61 Å². The molecule has 0 unspecified atom stereocenters. The third-order valence-corrected chi connectivity index (χ3v) is 5.53. The van der Waals surface area contributed by atoms with Gasteiger partial charge in [-0.1, -0.05) is 42.5 Å². The number of hydrogen-bond donors (Lipinski definition) is 2. The van der Waals surface area contributed by atoms with Crippen LogP contribution >= 0.6 is 15.9 Å². The molecule has 0 radical (unpaired) electrons. The highest BCUT2D eigenvalue weighted by Gasteiger charge is 2.21. The fourth-order valence-electron chi connectivity index (χ4n) is 1.99. The van der Waals surface area contributed by atoms with Gasteiger partial charge >= 0.3 is 0 Å². The number of benzene rings is 2. The lowest BCUT2D eigenvalue weighted by Crippen LogP contribution is -2.39. The normalized spacial score (nSPS) is 13.0. The van der Waals surface area contributed by atoms with Crippen molar-refractivity contribution >= 4 is 26.0 Å². The van der Waals surface area contributed by atoms with Crippen molar-refractivity contribution in [2.24, 2.45) is 0 Å².